The SMILES string of the molecule is COc1cc(NC(=O)NC(=O)C(C)Cl)c(OC)cc1Cl. The molecule has 1 atom stereocenters. The second kappa shape index (κ2) is 7.21. The summed E-state index contributed by atoms with van der Waals surface area (Å²) < 4.78 is 10.1. The first-order valence-corrected chi connectivity index (χ1v) is 6.38. The highest BCUT2D eigenvalue weighted by Crippen LogP contribution is 2.35. The average Bonchev–Trinajstić information content (AvgIpc) is 2.39. The Morgan fingerprint density at radius 2 is 1.80 bits per heavy atom. The lowest BCUT2D eigenvalue weighted by atomic mass is 10.2. The summed E-state index contributed by atoms with van der Waals surface area (Å²) >= 11 is 11.5. The van der Waals surface area contributed by atoms with Gasteiger partial charge >= 0.3 is 6.03 Å². The maximum absolute atomic E-state index is 11.6. The van der Waals surface area contributed by atoms with Crippen molar-refractivity contribution in [1.82, 2.24) is 5.32 Å². The molecule has 0 aliphatic carbocycles. The molecule has 0 radical (unpaired) electrons. The number of rotatable bonds is 4. The lowest BCUT2D eigenvalue weighted by Gasteiger charge is -2.13. The molecule has 0 aromatic heterocycles. The second-order valence-electron chi connectivity index (χ2n) is 3.75. The minimum Gasteiger partial charge on any atom is -0.495 e. The summed E-state index contributed by atoms with van der Waals surface area (Å²) in [7, 11) is 2.86. The van der Waals surface area contributed by atoms with Gasteiger partial charge in [-0.3, -0.25) is 10.1 Å². The van der Waals surface area contributed by atoms with Gasteiger partial charge in [0.05, 0.1) is 24.9 Å². The quantitative estimate of drug-likeness (QED) is 0.836. The average molecular weight is 321 g/mol. The molecule has 1 unspecified atom stereocenters. The minimum absolute atomic E-state index is 0.307. The molecule has 0 fully saturated rings. The molecule has 0 heterocycles. The zero-order valence-electron chi connectivity index (χ0n) is 11.1. The number of methoxy groups -OCH3 is 2. The van der Waals surface area contributed by atoms with E-state index in [0.29, 0.717) is 22.2 Å². The number of carbonyl (C=O) groups excluding carboxylic acids is 2. The molecule has 2 N–H and O–H groups in total. The van der Waals surface area contributed by atoms with Gasteiger partial charge in [0.25, 0.3) is 0 Å². The number of halogens is 2. The minimum atomic E-state index is -0.817. The molecule has 0 aliphatic heterocycles. The van der Waals surface area contributed by atoms with Crippen molar-refractivity contribution < 1.29 is 19.1 Å². The van der Waals surface area contributed by atoms with Crippen molar-refractivity contribution in [3.8, 4) is 11.5 Å². The maximum Gasteiger partial charge on any atom is 0.326 e. The fourth-order valence-electron chi connectivity index (χ4n) is 1.32. The summed E-state index contributed by atoms with van der Waals surface area (Å²) in [6.45, 7) is 1.45. The number of amides is 3. The van der Waals surface area contributed by atoms with E-state index in [-0.39, 0.29) is 0 Å². The molecule has 1 rings (SSSR count). The van der Waals surface area contributed by atoms with Gasteiger partial charge in [-0.05, 0) is 6.92 Å². The van der Waals surface area contributed by atoms with Gasteiger partial charge < -0.3 is 14.8 Å². The molecule has 0 bridgehead atoms. The van der Waals surface area contributed by atoms with Crippen molar-refractivity contribution in [2.45, 2.75) is 12.3 Å². The Balaban J connectivity index is 2.91. The molecule has 8 heteroatoms. The van der Waals surface area contributed by atoms with Crippen LogP contribution in [0, 0.1) is 0 Å². The molecular formula is C12H14Cl2N2O4. The Morgan fingerprint density at radius 3 is 2.30 bits per heavy atom. The van der Waals surface area contributed by atoms with E-state index in [1.807, 2.05) is 0 Å². The standard InChI is InChI=1S/C12H14Cl2N2O4/c1-6(13)11(17)16-12(18)15-8-5-9(19-2)7(14)4-10(8)20-3/h4-6H,1-3H3,(H2,15,16,17,18). The van der Waals surface area contributed by atoms with Crippen LogP contribution < -0.4 is 20.1 Å². The Bertz CT molecular complexity index is 520. The zero-order valence-corrected chi connectivity index (χ0v) is 12.6. The molecule has 0 spiro atoms. The van der Waals surface area contributed by atoms with Crippen molar-refractivity contribution in [2.75, 3.05) is 19.5 Å². The van der Waals surface area contributed by atoms with Crippen molar-refractivity contribution in [2.24, 2.45) is 0 Å². The molecular weight excluding hydrogens is 307 g/mol. The smallest absolute Gasteiger partial charge is 0.326 e. The summed E-state index contributed by atoms with van der Waals surface area (Å²) in [6.07, 6.45) is 0. The number of ether oxygens (including phenoxy) is 2. The molecule has 1 aromatic carbocycles. The monoisotopic (exact) mass is 320 g/mol. The number of hydrogen-bond donors (Lipinski definition) is 2. The van der Waals surface area contributed by atoms with Gasteiger partial charge in [-0.15, -0.1) is 11.6 Å². The third-order valence-electron chi connectivity index (χ3n) is 2.32. The highest BCUT2D eigenvalue weighted by molar-refractivity contribution is 6.32. The van der Waals surface area contributed by atoms with Gasteiger partial charge in [0.1, 0.15) is 16.9 Å². The largest absolute Gasteiger partial charge is 0.495 e. The van der Waals surface area contributed by atoms with Crippen LogP contribution in [0.1, 0.15) is 6.92 Å². The number of alkyl halides is 1. The van der Waals surface area contributed by atoms with Crippen molar-refractivity contribution >= 4 is 40.8 Å². The number of carbonyl (C=O) groups is 2. The first-order valence-electron chi connectivity index (χ1n) is 5.56. The lowest BCUT2D eigenvalue weighted by molar-refractivity contribution is -0.119. The van der Waals surface area contributed by atoms with E-state index in [2.05, 4.69) is 10.6 Å². The van der Waals surface area contributed by atoms with E-state index >= 15 is 0 Å². The normalized spacial score (nSPS) is 11.4. The highest BCUT2D eigenvalue weighted by atomic mass is 35.5. The highest BCUT2D eigenvalue weighted by Gasteiger charge is 2.16. The van der Waals surface area contributed by atoms with E-state index in [1.165, 1.54) is 33.3 Å². The van der Waals surface area contributed by atoms with Gasteiger partial charge in [0.15, 0.2) is 0 Å². The van der Waals surface area contributed by atoms with Gasteiger partial charge in [-0.25, -0.2) is 4.79 Å². The molecule has 110 valence electrons. The van der Waals surface area contributed by atoms with Gasteiger partial charge in [-0.2, -0.15) is 0 Å². The van der Waals surface area contributed by atoms with Gasteiger partial charge in [0.2, 0.25) is 5.91 Å². The lowest BCUT2D eigenvalue weighted by Crippen LogP contribution is -2.38. The second-order valence-corrected chi connectivity index (χ2v) is 4.81. The van der Waals surface area contributed by atoms with Crippen LogP contribution in [0.5, 0.6) is 11.5 Å². The van der Waals surface area contributed by atoms with E-state index in [0.717, 1.165) is 0 Å². The molecule has 20 heavy (non-hydrogen) atoms. The molecule has 0 saturated carbocycles. The van der Waals surface area contributed by atoms with Crippen molar-refractivity contribution in [3.63, 3.8) is 0 Å². The maximum atomic E-state index is 11.6. The van der Waals surface area contributed by atoms with Crippen molar-refractivity contribution in [1.29, 1.82) is 0 Å². The molecule has 0 saturated heterocycles. The number of benzene rings is 1. The zero-order chi connectivity index (χ0) is 15.3. The third kappa shape index (κ3) is 4.18. The number of urea groups is 1. The predicted molar refractivity (Wildman–Crippen MR) is 77.0 cm³/mol. The summed E-state index contributed by atoms with van der Waals surface area (Å²) in [5.74, 6) is 0.0844. The van der Waals surface area contributed by atoms with Crippen LogP contribution in [0.4, 0.5) is 10.5 Å². The first-order chi connectivity index (χ1) is 9.38. The summed E-state index contributed by atoms with van der Waals surface area (Å²) in [4.78, 5) is 22.9. The van der Waals surface area contributed by atoms with Gasteiger partial charge in [0, 0.05) is 12.1 Å². The van der Waals surface area contributed by atoms with Crippen LogP contribution in [0.15, 0.2) is 12.1 Å². The fraction of sp³-hybridized carbons (Fsp3) is 0.333. The van der Waals surface area contributed by atoms with Crippen LogP contribution >= 0.6 is 23.2 Å². The Hall–Kier alpha value is -1.66. The number of imide groups is 1. The number of nitrogens with one attached hydrogen (secondary N) is 2. The van der Waals surface area contributed by atoms with Crippen LogP contribution in [-0.4, -0.2) is 31.5 Å². The first kappa shape index (κ1) is 16.4. The van der Waals surface area contributed by atoms with Gasteiger partial charge in [-0.1, -0.05) is 11.6 Å². The van der Waals surface area contributed by atoms with Crippen LogP contribution in [0.25, 0.3) is 0 Å². The van der Waals surface area contributed by atoms with Crippen LogP contribution in [-0.2, 0) is 4.79 Å². The van der Waals surface area contributed by atoms with Crippen LogP contribution in [0.3, 0.4) is 0 Å². The summed E-state index contributed by atoms with van der Waals surface area (Å²) in [5.41, 5.74) is 0.307. The number of hydrogen-bond acceptors (Lipinski definition) is 4. The Kier molecular flexibility index (Phi) is 5.91. The fourth-order valence-corrected chi connectivity index (χ4v) is 1.61. The van der Waals surface area contributed by atoms with Crippen LogP contribution in [0.2, 0.25) is 5.02 Å². The van der Waals surface area contributed by atoms with E-state index < -0.39 is 17.3 Å². The molecule has 0 aliphatic rings. The molecule has 6 nitrogen and oxygen atoms in total. The van der Waals surface area contributed by atoms with E-state index in [4.69, 9.17) is 32.7 Å². The van der Waals surface area contributed by atoms with E-state index in [9.17, 15) is 9.59 Å². The van der Waals surface area contributed by atoms with E-state index in [1.54, 1.807) is 0 Å². The topological polar surface area (TPSA) is 76.7 Å². The number of anilines is 1. The molecule has 3 amide bonds. The van der Waals surface area contributed by atoms with Crippen molar-refractivity contribution in [3.05, 3.63) is 17.2 Å². The molecule has 1 aromatic rings. The summed E-state index contributed by atoms with van der Waals surface area (Å²) in [6, 6.07) is 2.24. The Morgan fingerprint density at radius 1 is 1.20 bits per heavy atom. The predicted octanol–water partition coefficient (Wildman–Crippen LogP) is 2.63. The third-order valence-corrected chi connectivity index (χ3v) is 2.81. The summed E-state index contributed by atoms with van der Waals surface area (Å²) in [5, 5.41) is 4.05. The Labute approximate surface area is 126 Å².